The van der Waals surface area contributed by atoms with Gasteiger partial charge in [0.1, 0.15) is 5.41 Å². The van der Waals surface area contributed by atoms with Crippen LogP contribution in [0.2, 0.25) is 0 Å². The molecule has 0 bridgehead atoms. The minimum Gasteiger partial charge on any atom is -0.481 e. The number of aliphatic carboxylic acids is 1. The van der Waals surface area contributed by atoms with Gasteiger partial charge in [-0.15, -0.1) is 0 Å². The van der Waals surface area contributed by atoms with Crippen molar-refractivity contribution in [2.75, 3.05) is 31.8 Å². The fourth-order valence-corrected chi connectivity index (χ4v) is 2.71. The zero-order chi connectivity index (χ0) is 15.7. The molecule has 3 N–H and O–H groups in total. The van der Waals surface area contributed by atoms with Gasteiger partial charge in [-0.1, -0.05) is 12.8 Å². The number of hydrogen-bond donors (Lipinski definition) is 3. The number of rotatable bonds is 9. The summed E-state index contributed by atoms with van der Waals surface area (Å²) in [5.41, 5.74) is -1.05. The van der Waals surface area contributed by atoms with Crippen molar-refractivity contribution >= 4 is 23.8 Å². The van der Waals surface area contributed by atoms with Gasteiger partial charge >= 0.3 is 12.0 Å². The van der Waals surface area contributed by atoms with Crippen LogP contribution in [-0.4, -0.2) is 54.9 Å². The van der Waals surface area contributed by atoms with Gasteiger partial charge in [-0.25, -0.2) is 4.79 Å². The molecule has 0 radical (unpaired) electrons. The van der Waals surface area contributed by atoms with Crippen LogP contribution >= 0.6 is 11.8 Å². The van der Waals surface area contributed by atoms with Crippen molar-refractivity contribution in [3.05, 3.63) is 0 Å². The molecule has 2 unspecified atom stereocenters. The number of ether oxygens (including phenoxy) is 1. The summed E-state index contributed by atoms with van der Waals surface area (Å²) in [5.74, 6) is 0.239. The van der Waals surface area contributed by atoms with E-state index in [9.17, 15) is 14.7 Å². The molecule has 1 aliphatic rings. The molecular weight excluding hydrogens is 292 g/mol. The Hall–Kier alpha value is -0.950. The Labute approximate surface area is 130 Å². The van der Waals surface area contributed by atoms with Crippen LogP contribution in [0.3, 0.4) is 0 Å². The lowest BCUT2D eigenvalue weighted by molar-refractivity contribution is -0.148. The first-order valence-electron chi connectivity index (χ1n) is 7.35. The van der Waals surface area contributed by atoms with E-state index < -0.39 is 17.4 Å². The Morgan fingerprint density at radius 1 is 1.33 bits per heavy atom. The number of carbonyl (C=O) groups excluding carboxylic acids is 1. The van der Waals surface area contributed by atoms with Crippen molar-refractivity contribution in [2.24, 2.45) is 5.41 Å². The molecule has 1 fully saturated rings. The maximum Gasteiger partial charge on any atom is 0.315 e. The summed E-state index contributed by atoms with van der Waals surface area (Å²) in [7, 11) is 0. The summed E-state index contributed by atoms with van der Waals surface area (Å²) < 4.78 is 5.19. The Balaban J connectivity index is 2.17. The zero-order valence-electron chi connectivity index (χ0n) is 12.8. The van der Waals surface area contributed by atoms with Gasteiger partial charge in [-0.2, -0.15) is 11.8 Å². The van der Waals surface area contributed by atoms with Gasteiger partial charge in [0.2, 0.25) is 0 Å². The molecular formula is C14H26N2O4S. The van der Waals surface area contributed by atoms with Crippen molar-refractivity contribution < 1.29 is 19.4 Å². The third-order valence-corrected chi connectivity index (χ3v) is 4.51. The molecule has 0 aromatic heterocycles. The molecule has 1 heterocycles. The first-order valence-corrected chi connectivity index (χ1v) is 8.74. The van der Waals surface area contributed by atoms with E-state index in [0.29, 0.717) is 6.54 Å². The average molecular weight is 318 g/mol. The average Bonchev–Trinajstić information content (AvgIpc) is 2.80. The van der Waals surface area contributed by atoms with E-state index in [1.807, 2.05) is 11.8 Å². The van der Waals surface area contributed by atoms with Crippen LogP contribution in [-0.2, 0) is 9.53 Å². The quantitative estimate of drug-likeness (QED) is 0.563. The number of thioether (sulfide) groups is 1. The van der Waals surface area contributed by atoms with Crippen LogP contribution in [0.25, 0.3) is 0 Å². The van der Waals surface area contributed by atoms with Crippen molar-refractivity contribution in [1.29, 1.82) is 0 Å². The lowest BCUT2D eigenvalue weighted by Gasteiger charge is -2.25. The Bertz CT molecular complexity index is 354. The Morgan fingerprint density at radius 2 is 2.05 bits per heavy atom. The number of carboxylic acid groups (broad SMARTS) is 1. The highest BCUT2D eigenvalue weighted by atomic mass is 32.2. The topological polar surface area (TPSA) is 87.7 Å². The minimum absolute atomic E-state index is 0.128. The molecule has 21 heavy (non-hydrogen) atoms. The van der Waals surface area contributed by atoms with Crippen molar-refractivity contribution in [2.45, 2.75) is 38.6 Å². The van der Waals surface area contributed by atoms with Crippen LogP contribution < -0.4 is 10.6 Å². The van der Waals surface area contributed by atoms with Gasteiger partial charge in [0.15, 0.2) is 0 Å². The summed E-state index contributed by atoms with van der Waals surface area (Å²) >= 11 is 1.85. The second kappa shape index (κ2) is 9.15. The third-order valence-electron chi connectivity index (χ3n) is 3.81. The molecule has 7 heteroatoms. The highest BCUT2D eigenvalue weighted by Crippen LogP contribution is 2.28. The normalized spacial score (nSPS) is 24.8. The molecule has 0 spiro atoms. The highest BCUT2D eigenvalue weighted by molar-refractivity contribution is 7.98. The Kier molecular flexibility index (Phi) is 7.88. The summed E-state index contributed by atoms with van der Waals surface area (Å²) in [6.07, 6.45) is 6.53. The predicted octanol–water partition coefficient (Wildman–Crippen LogP) is 1.70. The third kappa shape index (κ3) is 5.74. The molecule has 2 atom stereocenters. The van der Waals surface area contributed by atoms with Crippen LogP contribution in [0.5, 0.6) is 0 Å². The van der Waals surface area contributed by atoms with Crippen LogP contribution in [0.15, 0.2) is 0 Å². The number of amides is 2. The number of urea groups is 1. The standard InChI is InChI=1S/C14H26N2O4S/c1-14(12(17)18)10-20-9-11(14)16-13(19)15-7-5-3-4-6-8-21-2/h11H,3-10H2,1-2H3,(H,17,18)(H2,15,16,19). The van der Waals surface area contributed by atoms with Gasteiger partial charge in [-0.3, -0.25) is 4.79 Å². The Morgan fingerprint density at radius 3 is 2.71 bits per heavy atom. The molecule has 2 amide bonds. The lowest BCUT2D eigenvalue weighted by Crippen LogP contribution is -2.52. The van der Waals surface area contributed by atoms with Crippen LogP contribution in [0.1, 0.15) is 32.6 Å². The first kappa shape index (κ1) is 18.1. The summed E-state index contributed by atoms with van der Waals surface area (Å²) in [5, 5.41) is 14.7. The smallest absolute Gasteiger partial charge is 0.315 e. The van der Waals surface area contributed by atoms with Crippen molar-refractivity contribution in [3.8, 4) is 0 Å². The fourth-order valence-electron chi connectivity index (χ4n) is 2.22. The molecule has 1 rings (SSSR count). The zero-order valence-corrected chi connectivity index (χ0v) is 13.6. The molecule has 0 aromatic carbocycles. The second-order valence-corrected chi connectivity index (χ2v) is 6.58. The van der Waals surface area contributed by atoms with Gasteiger partial charge in [0.25, 0.3) is 0 Å². The van der Waals surface area contributed by atoms with E-state index in [1.165, 1.54) is 18.6 Å². The SMILES string of the molecule is CSCCCCCCNC(=O)NC1COCC1(C)C(=O)O. The van der Waals surface area contributed by atoms with Crippen LogP contribution in [0.4, 0.5) is 4.79 Å². The number of hydrogen-bond acceptors (Lipinski definition) is 4. The summed E-state index contributed by atoms with van der Waals surface area (Å²) in [4.78, 5) is 23.0. The van der Waals surface area contributed by atoms with Crippen molar-refractivity contribution in [1.82, 2.24) is 10.6 Å². The fraction of sp³-hybridized carbons (Fsp3) is 0.857. The second-order valence-electron chi connectivity index (χ2n) is 5.60. The lowest BCUT2D eigenvalue weighted by atomic mass is 9.85. The van der Waals surface area contributed by atoms with E-state index >= 15 is 0 Å². The van der Waals surface area contributed by atoms with E-state index in [0.717, 1.165) is 12.8 Å². The number of nitrogens with one attached hydrogen (secondary N) is 2. The number of unbranched alkanes of at least 4 members (excludes halogenated alkanes) is 3. The highest BCUT2D eigenvalue weighted by Gasteiger charge is 2.47. The maximum absolute atomic E-state index is 11.8. The number of carbonyl (C=O) groups is 2. The monoisotopic (exact) mass is 318 g/mol. The largest absolute Gasteiger partial charge is 0.481 e. The van der Waals surface area contributed by atoms with Gasteiger partial charge in [0.05, 0.1) is 19.3 Å². The van der Waals surface area contributed by atoms with E-state index in [4.69, 9.17) is 4.74 Å². The maximum atomic E-state index is 11.8. The molecule has 1 saturated heterocycles. The molecule has 6 nitrogen and oxygen atoms in total. The molecule has 0 aliphatic carbocycles. The molecule has 1 aliphatic heterocycles. The molecule has 122 valence electrons. The van der Waals surface area contributed by atoms with Crippen LogP contribution in [0, 0.1) is 5.41 Å². The first-order chi connectivity index (χ1) is 10.0. The van der Waals surface area contributed by atoms with Gasteiger partial charge < -0.3 is 20.5 Å². The number of carboxylic acids is 1. The molecule has 0 saturated carbocycles. The minimum atomic E-state index is -1.05. The summed E-state index contributed by atoms with van der Waals surface area (Å²) in [6.45, 7) is 2.58. The van der Waals surface area contributed by atoms with E-state index in [2.05, 4.69) is 16.9 Å². The van der Waals surface area contributed by atoms with Gasteiger partial charge in [0, 0.05) is 6.54 Å². The van der Waals surface area contributed by atoms with Gasteiger partial charge in [-0.05, 0) is 31.8 Å². The summed E-state index contributed by atoms with van der Waals surface area (Å²) in [6, 6.07) is -0.807. The molecule has 0 aromatic rings. The van der Waals surface area contributed by atoms with E-state index in [-0.39, 0.29) is 19.2 Å². The predicted molar refractivity (Wildman–Crippen MR) is 83.7 cm³/mol. The van der Waals surface area contributed by atoms with Crippen molar-refractivity contribution in [3.63, 3.8) is 0 Å². The van der Waals surface area contributed by atoms with E-state index in [1.54, 1.807) is 6.92 Å².